The van der Waals surface area contributed by atoms with Crippen molar-refractivity contribution in [2.24, 2.45) is 5.92 Å². The van der Waals surface area contributed by atoms with Crippen LogP contribution in [0.5, 0.6) is 0 Å². The minimum absolute atomic E-state index is 0.348. The summed E-state index contributed by atoms with van der Waals surface area (Å²) in [6.07, 6.45) is 2.20. The quantitative estimate of drug-likeness (QED) is 0.515. The van der Waals surface area contributed by atoms with Gasteiger partial charge >= 0.3 is 0 Å². The highest BCUT2D eigenvalue weighted by Crippen LogP contribution is 2.28. The van der Waals surface area contributed by atoms with Gasteiger partial charge in [0, 0.05) is 11.2 Å². The average molecular weight is 141 g/mol. The third-order valence-corrected chi connectivity index (χ3v) is 2.90. The van der Waals surface area contributed by atoms with Crippen molar-refractivity contribution in [2.45, 2.75) is 25.0 Å². The molecule has 2 unspecified atom stereocenters. The maximum absolute atomic E-state index is 8.55. The van der Waals surface area contributed by atoms with Gasteiger partial charge in [-0.2, -0.15) is 17.0 Å². The highest BCUT2D eigenvalue weighted by molar-refractivity contribution is 7.99. The Morgan fingerprint density at radius 3 is 2.89 bits per heavy atom. The second-order valence-electron chi connectivity index (χ2n) is 2.53. The predicted molar refractivity (Wildman–Crippen MR) is 40.3 cm³/mol. The topological polar surface area (TPSA) is 23.8 Å². The number of hydrogen-bond donors (Lipinski definition) is 0. The summed E-state index contributed by atoms with van der Waals surface area (Å²) in [7, 11) is 0. The van der Waals surface area contributed by atoms with Gasteiger partial charge in [-0.15, -0.1) is 0 Å². The first-order valence-corrected chi connectivity index (χ1v) is 4.39. The Kier molecular flexibility index (Phi) is 2.41. The molecule has 0 amide bonds. The first-order chi connectivity index (χ1) is 4.33. The average Bonchev–Trinajstić information content (AvgIpc) is 1.88. The van der Waals surface area contributed by atoms with Crippen molar-refractivity contribution >= 4 is 11.8 Å². The fourth-order valence-electron chi connectivity index (χ4n) is 1.12. The van der Waals surface area contributed by atoms with Gasteiger partial charge < -0.3 is 0 Å². The molecule has 0 saturated carbocycles. The van der Waals surface area contributed by atoms with Crippen LogP contribution in [-0.2, 0) is 0 Å². The maximum atomic E-state index is 8.55. The zero-order valence-electron chi connectivity index (χ0n) is 5.63. The van der Waals surface area contributed by atoms with Crippen molar-refractivity contribution < 1.29 is 0 Å². The molecule has 0 aromatic heterocycles. The zero-order valence-corrected chi connectivity index (χ0v) is 6.45. The summed E-state index contributed by atoms with van der Waals surface area (Å²) in [4.78, 5) is 0. The second kappa shape index (κ2) is 3.12. The molecule has 1 fully saturated rings. The number of thioether (sulfide) groups is 1. The van der Waals surface area contributed by atoms with E-state index in [2.05, 4.69) is 13.0 Å². The third kappa shape index (κ3) is 1.91. The van der Waals surface area contributed by atoms with Gasteiger partial charge in [-0.3, -0.25) is 0 Å². The molecule has 2 atom stereocenters. The number of rotatable bonds is 0. The van der Waals surface area contributed by atoms with Crippen molar-refractivity contribution in [3.05, 3.63) is 0 Å². The molecule has 0 aromatic rings. The highest BCUT2D eigenvalue weighted by atomic mass is 32.2. The molecule has 0 bridgehead atoms. The van der Waals surface area contributed by atoms with E-state index >= 15 is 0 Å². The van der Waals surface area contributed by atoms with Gasteiger partial charge in [0.25, 0.3) is 0 Å². The van der Waals surface area contributed by atoms with Crippen LogP contribution in [-0.4, -0.2) is 11.0 Å². The van der Waals surface area contributed by atoms with Gasteiger partial charge in [0.1, 0.15) is 0 Å². The molecule has 1 heterocycles. The number of hydrogen-bond acceptors (Lipinski definition) is 2. The summed E-state index contributed by atoms with van der Waals surface area (Å²) in [6, 6.07) is 2.32. The Hall–Kier alpha value is -0.160. The van der Waals surface area contributed by atoms with Gasteiger partial charge in [0.05, 0.1) is 6.07 Å². The van der Waals surface area contributed by atoms with E-state index in [-0.39, 0.29) is 0 Å². The Labute approximate surface area is 60.4 Å². The zero-order chi connectivity index (χ0) is 6.69. The van der Waals surface area contributed by atoms with Crippen LogP contribution >= 0.6 is 11.8 Å². The summed E-state index contributed by atoms with van der Waals surface area (Å²) >= 11 is 1.99. The molecule has 1 aliphatic rings. The lowest BCUT2D eigenvalue weighted by Crippen LogP contribution is -2.13. The Morgan fingerprint density at radius 1 is 1.67 bits per heavy atom. The lowest BCUT2D eigenvalue weighted by molar-refractivity contribution is 0.569. The van der Waals surface area contributed by atoms with Crippen LogP contribution in [0, 0.1) is 17.2 Å². The molecule has 1 saturated heterocycles. The monoisotopic (exact) mass is 141 g/mol. The standard InChI is InChI=1S/C7H11NS/c1-6-4-7(5-8)2-3-9-6/h6-7H,2-4H2,1H3. The smallest absolute Gasteiger partial charge is 0.0656 e. The molecule has 0 N–H and O–H groups in total. The van der Waals surface area contributed by atoms with E-state index in [9.17, 15) is 0 Å². The summed E-state index contributed by atoms with van der Waals surface area (Å²) < 4.78 is 0. The molecule has 0 aromatic carbocycles. The van der Waals surface area contributed by atoms with Gasteiger partial charge in [-0.05, 0) is 18.6 Å². The van der Waals surface area contributed by atoms with Gasteiger partial charge in [-0.1, -0.05) is 6.92 Å². The van der Waals surface area contributed by atoms with Gasteiger partial charge in [-0.25, -0.2) is 0 Å². The third-order valence-electron chi connectivity index (χ3n) is 1.67. The fourth-order valence-corrected chi connectivity index (χ4v) is 2.31. The van der Waals surface area contributed by atoms with Gasteiger partial charge in [0.2, 0.25) is 0 Å². The van der Waals surface area contributed by atoms with Crippen molar-refractivity contribution in [3.63, 3.8) is 0 Å². The van der Waals surface area contributed by atoms with Crippen LogP contribution in [0.4, 0.5) is 0 Å². The normalized spacial score (nSPS) is 35.6. The summed E-state index contributed by atoms with van der Waals surface area (Å²) in [5.41, 5.74) is 0. The lowest BCUT2D eigenvalue weighted by Gasteiger charge is -2.20. The van der Waals surface area contributed by atoms with Crippen LogP contribution in [0.25, 0.3) is 0 Å². The molecule has 0 spiro atoms. The minimum atomic E-state index is 0.348. The Balaban J connectivity index is 2.34. The summed E-state index contributed by atoms with van der Waals surface area (Å²) in [5, 5.41) is 9.26. The first kappa shape index (κ1) is 6.95. The fraction of sp³-hybridized carbons (Fsp3) is 0.857. The maximum Gasteiger partial charge on any atom is 0.0656 e. The van der Waals surface area contributed by atoms with Crippen LogP contribution in [0.15, 0.2) is 0 Å². The van der Waals surface area contributed by atoms with E-state index < -0.39 is 0 Å². The van der Waals surface area contributed by atoms with E-state index in [1.165, 1.54) is 5.75 Å². The molecule has 9 heavy (non-hydrogen) atoms. The van der Waals surface area contributed by atoms with Crippen molar-refractivity contribution in [1.29, 1.82) is 5.26 Å². The van der Waals surface area contributed by atoms with Crippen LogP contribution in [0.2, 0.25) is 0 Å². The molecule has 1 aliphatic heterocycles. The molecule has 50 valence electrons. The molecule has 1 rings (SSSR count). The van der Waals surface area contributed by atoms with E-state index in [4.69, 9.17) is 5.26 Å². The second-order valence-corrected chi connectivity index (χ2v) is 4.08. The van der Waals surface area contributed by atoms with Crippen LogP contribution in [0.3, 0.4) is 0 Å². The lowest BCUT2D eigenvalue weighted by atomic mass is 10.0. The van der Waals surface area contributed by atoms with E-state index in [1.807, 2.05) is 11.8 Å². The van der Waals surface area contributed by atoms with E-state index in [0.29, 0.717) is 11.2 Å². The first-order valence-electron chi connectivity index (χ1n) is 3.34. The van der Waals surface area contributed by atoms with Crippen molar-refractivity contribution in [3.8, 4) is 6.07 Å². The summed E-state index contributed by atoms with van der Waals surface area (Å²) in [5.74, 6) is 1.53. The number of nitrogens with zero attached hydrogens (tertiary/aromatic N) is 1. The van der Waals surface area contributed by atoms with Crippen LogP contribution in [0.1, 0.15) is 19.8 Å². The Bertz CT molecular complexity index is 127. The van der Waals surface area contributed by atoms with E-state index in [0.717, 1.165) is 12.8 Å². The molecular weight excluding hydrogens is 130 g/mol. The molecule has 0 radical (unpaired) electrons. The molecule has 2 heteroatoms. The van der Waals surface area contributed by atoms with Crippen LogP contribution < -0.4 is 0 Å². The Morgan fingerprint density at radius 2 is 2.44 bits per heavy atom. The molecular formula is C7H11NS. The van der Waals surface area contributed by atoms with Gasteiger partial charge in [0.15, 0.2) is 0 Å². The summed E-state index contributed by atoms with van der Waals surface area (Å²) in [6.45, 7) is 2.20. The van der Waals surface area contributed by atoms with Crippen molar-refractivity contribution in [1.82, 2.24) is 0 Å². The SMILES string of the molecule is CC1CC(C#N)CCS1. The van der Waals surface area contributed by atoms with Crippen molar-refractivity contribution in [2.75, 3.05) is 5.75 Å². The highest BCUT2D eigenvalue weighted by Gasteiger charge is 2.17. The number of nitriles is 1. The van der Waals surface area contributed by atoms with E-state index in [1.54, 1.807) is 0 Å². The predicted octanol–water partition coefficient (Wildman–Crippen LogP) is 2.04. The largest absolute Gasteiger partial charge is 0.198 e. The molecule has 1 nitrogen and oxygen atoms in total. The molecule has 0 aliphatic carbocycles. The minimum Gasteiger partial charge on any atom is -0.198 e.